The Labute approximate surface area is 294 Å². The van der Waals surface area contributed by atoms with Crippen molar-refractivity contribution < 1.29 is 27.5 Å². The first-order valence-electron chi connectivity index (χ1n) is 16.9. The van der Waals surface area contributed by atoms with Gasteiger partial charge >= 0.3 is 0 Å². The highest BCUT2D eigenvalue weighted by atomic mass is 35.5. The maximum Gasteiger partial charge on any atom is 0.274 e. The normalized spacial score (nSPS) is 29.1. The molecule has 7 rings (SSSR count). The number of nitrogens with one attached hydrogen (secondary N) is 3. The van der Waals surface area contributed by atoms with Crippen LogP contribution in [-0.2, 0) is 24.4 Å². The van der Waals surface area contributed by atoms with Crippen LogP contribution >= 0.6 is 22.9 Å². The van der Waals surface area contributed by atoms with Gasteiger partial charge in [-0.1, -0.05) is 66.1 Å². The number of carbonyl (C=O) groups excluding carboxylic acids is 3. The molecule has 0 radical (unpaired) electrons. The Kier molecular flexibility index (Phi) is 9.12. The number of ether oxygens (including phenoxy) is 1. The summed E-state index contributed by atoms with van der Waals surface area (Å²) in [6.07, 6.45) is 8.66. The van der Waals surface area contributed by atoms with Gasteiger partial charge in [-0.25, -0.2) is 13.4 Å². The lowest BCUT2D eigenvalue weighted by molar-refractivity contribution is -0.140. The number of thiazole rings is 1. The third-order valence-electron chi connectivity index (χ3n) is 10.2. The molecular weight excluding hydrogens is 686 g/mol. The van der Waals surface area contributed by atoms with Gasteiger partial charge in [0.15, 0.2) is 0 Å². The molecule has 2 aliphatic heterocycles. The van der Waals surface area contributed by atoms with E-state index in [1.165, 1.54) is 11.3 Å². The maximum absolute atomic E-state index is 14.4. The summed E-state index contributed by atoms with van der Waals surface area (Å²) >= 11 is 7.52. The van der Waals surface area contributed by atoms with Gasteiger partial charge < -0.3 is 20.3 Å². The lowest BCUT2D eigenvalue weighted by Gasteiger charge is -2.30. The number of rotatable bonds is 7. The molecule has 0 spiro atoms. The molecule has 2 saturated carbocycles. The number of amides is 3. The van der Waals surface area contributed by atoms with Gasteiger partial charge in [0.25, 0.3) is 11.1 Å². The molecule has 2 aliphatic carbocycles. The van der Waals surface area contributed by atoms with Gasteiger partial charge in [-0.3, -0.25) is 19.1 Å². The van der Waals surface area contributed by atoms with Crippen molar-refractivity contribution >= 4 is 66.6 Å². The van der Waals surface area contributed by atoms with Crippen LogP contribution in [0, 0.1) is 5.92 Å². The number of nitrogens with zero attached hydrogens (tertiary/aromatic N) is 2. The van der Waals surface area contributed by atoms with Crippen LogP contribution in [0.1, 0.15) is 64.7 Å². The lowest BCUT2D eigenvalue weighted by Crippen LogP contribution is -2.58. The molecule has 260 valence electrons. The fourth-order valence-corrected chi connectivity index (χ4v) is 9.22. The zero-order valence-electron chi connectivity index (χ0n) is 27.2. The highest BCUT2D eigenvalue weighted by Gasteiger charge is 2.63. The monoisotopic (exact) mass is 725 g/mol. The topological polar surface area (TPSA) is 147 Å². The van der Waals surface area contributed by atoms with Gasteiger partial charge in [0.1, 0.15) is 23.7 Å². The summed E-state index contributed by atoms with van der Waals surface area (Å²) in [4.78, 5) is 48.6. The number of fused-ring (bicyclic) bond motifs is 3. The van der Waals surface area contributed by atoms with Crippen LogP contribution in [0.15, 0.2) is 60.7 Å². The van der Waals surface area contributed by atoms with Crippen LogP contribution in [0.2, 0.25) is 5.02 Å². The highest BCUT2D eigenvalue weighted by Crippen LogP contribution is 2.47. The zero-order valence-corrected chi connectivity index (χ0v) is 29.6. The standard InChI is InChI=1S/C35H40ClN5O6S2/c1-34(16-17-34)49(45,46)40-32(44)35-20-22(35)10-6-3-2-4-9-13-27(37-24-11-7-5-8-12-24)31(43)41-21-25(19-28(41)30(42)39-35)47-33-38-26-15-14-23(36)18-29(26)48-33/h5-8,10-12,14-15,18,22,25,27-28,37H,2-4,9,13,16-17,19-21H2,1H3,(H,39,42)(H,40,44)/b10-6-/t22-,25+,27-,28-,35+/m0/s1. The van der Waals surface area contributed by atoms with E-state index in [9.17, 15) is 22.8 Å². The SMILES string of the molecule is CC1(S(=O)(=O)NC(=O)[C@@]23C[C@@H]2/C=C\CCCCC[C@H](Nc2ccccc2)C(=O)N2C[C@H](Oc4nc5ccc(Cl)cc5s4)C[C@H]2C(=O)N3)CC1. The molecule has 2 aromatic carbocycles. The summed E-state index contributed by atoms with van der Waals surface area (Å²) in [7, 11) is -3.93. The van der Waals surface area contributed by atoms with Crippen molar-refractivity contribution in [2.45, 2.75) is 93.2 Å². The van der Waals surface area contributed by atoms with Crippen molar-refractivity contribution in [2.75, 3.05) is 11.9 Å². The second-order valence-corrected chi connectivity index (χ2v) is 17.5. The first kappa shape index (κ1) is 33.8. The Morgan fingerprint density at radius 3 is 2.69 bits per heavy atom. The van der Waals surface area contributed by atoms with Gasteiger partial charge in [-0.2, -0.15) is 0 Å². The molecule has 3 N–H and O–H groups in total. The number of anilines is 1. The van der Waals surface area contributed by atoms with Gasteiger partial charge in [-0.15, -0.1) is 0 Å². The number of sulfonamides is 1. The zero-order chi connectivity index (χ0) is 34.4. The van der Waals surface area contributed by atoms with Gasteiger partial charge in [0.05, 0.1) is 21.5 Å². The molecule has 11 nitrogen and oxygen atoms in total. The van der Waals surface area contributed by atoms with Crippen LogP contribution in [0.4, 0.5) is 5.69 Å². The molecule has 5 atom stereocenters. The summed E-state index contributed by atoms with van der Waals surface area (Å²) in [6.45, 7) is 1.75. The Bertz CT molecular complexity index is 1900. The van der Waals surface area contributed by atoms with Gasteiger partial charge in [0.2, 0.25) is 21.8 Å². The maximum atomic E-state index is 14.4. The summed E-state index contributed by atoms with van der Waals surface area (Å²) in [5.74, 6) is -1.88. The molecule has 3 fully saturated rings. The average Bonchev–Trinajstić information content (AvgIpc) is 3.88. The van der Waals surface area contributed by atoms with Crippen molar-refractivity contribution in [2.24, 2.45) is 5.92 Å². The molecule has 1 saturated heterocycles. The average molecular weight is 726 g/mol. The minimum absolute atomic E-state index is 0.135. The Balaban J connectivity index is 1.18. The van der Waals surface area contributed by atoms with E-state index in [2.05, 4.69) is 20.3 Å². The van der Waals surface area contributed by atoms with Crippen molar-refractivity contribution in [3.8, 4) is 5.19 Å². The van der Waals surface area contributed by atoms with E-state index >= 15 is 0 Å². The minimum Gasteiger partial charge on any atom is -0.465 e. The molecule has 4 aliphatic rings. The second-order valence-electron chi connectivity index (χ2n) is 13.9. The molecule has 3 heterocycles. The molecular formula is C35H40ClN5O6S2. The van der Waals surface area contributed by atoms with E-state index in [0.29, 0.717) is 29.5 Å². The fourth-order valence-electron chi connectivity index (χ4n) is 6.75. The van der Waals surface area contributed by atoms with Crippen molar-refractivity contribution in [1.82, 2.24) is 19.9 Å². The van der Waals surface area contributed by atoms with Crippen molar-refractivity contribution in [3.05, 3.63) is 65.7 Å². The molecule has 3 amide bonds. The molecule has 14 heteroatoms. The Morgan fingerprint density at radius 1 is 1.12 bits per heavy atom. The van der Waals surface area contributed by atoms with E-state index in [1.807, 2.05) is 54.6 Å². The predicted octanol–water partition coefficient (Wildman–Crippen LogP) is 5.17. The third kappa shape index (κ3) is 7.02. The molecule has 1 aromatic heterocycles. The second kappa shape index (κ2) is 13.2. The Hall–Kier alpha value is -3.68. The van der Waals surface area contributed by atoms with E-state index in [0.717, 1.165) is 41.6 Å². The van der Waals surface area contributed by atoms with E-state index in [4.69, 9.17) is 16.3 Å². The number of hydrogen-bond acceptors (Lipinski definition) is 9. The molecule has 0 bridgehead atoms. The number of allylic oxidation sites excluding steroid dienone is 1. The summed E-state index contributed by atoms with van der Waals surface area (Å²) in [6, 6.07) is 13.3. The number of halogens is 1. The highest BCUT2D eigenvalue weighted by molar-refractivity contribution is 7.91. The van der Waals surface area contributed by atoms with Crippen molar-refractivity contribution in [3.63, 3.8) is 0 Å². The quantitative estimate of drug-likeness (QED) is 0.283. The number of carbonyl (C=O) groups is 3. The first-order valence-corrected chi connectivity index (χ1v) is 19.5. The van der Waals surface area contributed by atoms with Crippen LogP contribution in [0.25, 0.3) is 10.2 Å². The fraction of sp³-hybridized carbons (Fsp3) is 0.486. The number of hydrogen-bond donors (Lipinski definition) is 3. The van der Waals surface area contributed by atoms with Crippen LogP contribution in [0.3, 0.4) is 0 Å². The van der Waals surface area contributed by atoms with Gasteiger partial charge in [0, 0.05) is 23.0 Å². The predicted molar refractivity (Wildman–Crippen MR) is 189 cm³/mol. The summed E-state index contributed by atoms with van der Waals surface area (Å²) < 4.78 is 34.6. The molecule has 49 heavy (non-hydrogen) atoms. The van der Waals surface area contributed by atoms with E-state index in [1.54, 1.807) is 17.9 Å². The third-order valence-corrected chi connectivity index (χ3v) is 13.5. The van der Waals surface area contributed by atoms with Crippen LogP contribution in [-0.4, -0.2) is 71.0 Å². The summed E-state index contributed by atoms with van der Waals surface area (Å²) in [5.41, 5.74) is 0.0899. The first-order chi connectivity index (χ1) is 23.5. The van der Waals surface area contributed by atoms with Crippen LogP contribution < -0.4 is 20.1 Å². The summed E-state index contributed by atoms with van der Waals surface area (Å²) in [5, 5.41) is 7.31. The lowest BCUT2D eigenvalue weighted by atomic mass is 10.0. The van der Waals surface area contributed by atoms with Gasteiger partial charge in [-0.05, 0) is 75.8 Å². The van der Waals surface area contributed by atoms with Crippen molar-refractivity contribution in [1.29, 1.82) is 0 Å². The Morgan fingerprint density at radius 2 is 1.92 bits per heavy atom. The number of aromatic nitrogens is 1. The molecule has 0 unspecified atom stereocenters. The minimum atomic E-state index is -3.93. The van der Waals surface area contributed by atoms with E-state index < -0.39 is 50.3 Å². The smallest absolute Gasteiger partial charge is 0.274 e. The number of benzene rings is 2. The number of para-hydroxylation sites is 1. The largest absolute Gasteiger partial charge is 0.465 e. The van der Waals surface area contributed by atoms with Crippen LogP contribution in [0.5, 0.6) is 5.19 Å². The molecule has 3 aromatic rings. The van der Waals surface area contributed by atoms with E-state index in [-0.39, 0.29) is 31.2 Å².